The van der Waals surface area contributed by atoms with E-state index in [4.69, 9.17) is 21.1 Å². The van der Waals surface area contributed by atoms with Gasteiger partial charge in [-0.1, -0.05) is 49.1 Å². The minimum Gasteiger partial charge on any atom is -0.490 e. The Hall–Kier alpha value is -3.33. The molecule has 0 saturated heterocycles. The van der Waals surface area contributed by atoms with Gasteiger partial charge in [0.1, 0.15) is 11.8 Å². The lowest BCUT2D eigenvalue weighted by atomic mass is 9.95. The molecule has 1 atom stereocenters. The van der Waals surface area contributed by atoms with Crippen LogP contribution in [0.4, 0.5) is 5.69 Å². The largest absolute Gasteiger partial charge is 0.490 e. The van der Waals surface area contributed by atoms with Gasteiger partial charge in [0.05, 0.1) is 12.0 Å². The Balaban J connectivity index is 1.74. The third-order valence-electron chi connectivity index (χ3n) is 6.13. The molecule has 0 aliphatic heterocycles. The number of nitro groups is 1. The van der Waals surface area contributed by atoms with E-state index in [-0.39, 0.29) is 42.3 Å². The lowest BCUT2D eigenvalue weighted by Gasteiger charge is -2.31. The van der Waals surface area contributed by atoms with Gasteiger partial charge in [0.2, 0.25) is 11.7 Å². The third kappa shape index (κ3) is 7.08. The molecule has 1 N–H and O–H groups in total. The summed E-state index contributed by atoms with van der Waals surface area (Å²) >= 11 is 6.32. The maximum Gasteiger partial charge on any atom is 0.311 e. The summed E-state index contributed by atoms with van der Waals surface area (Å²) in [5, 5.41) is 14.7. The molecule has 2 aromatic rings. The highest BCUT2D eigenvalue weighted by molar-refractivity contribution is 6.31. The first-order valence-electron chi connectivity index (χ1n) is 11.6. The molecule has 0 radical (unpaired) electrons. The first-order chi connectivity index (χ1) is 16.8. The molecule has 0 unspecified atom stereocenters. The van der Waals surface area contributed by atoms with E-state index in [2.05, 4.69) is 5.32 Å². The van der Waals surface area contributed by atoms with Crippen molar-refractivity contribution >= 4 is 29.1 Å². The zero-order valence-corrected chi connectivity index (χ0v) is 20.6. The molecule has 0 aromatic heterocycles. The van der Waals surface area contributed by atoms with Crippen LogP contribution < -0.4 is 14.8 Å². The van der Waals surface area contributed by atoms with E-state index in [1.165, 1.54) is 36.6 Å². The van der Waals surface area contributed by atoms with Crippen LogP contribution in [0.3, 0.4) is 0 Å². The summed E-state index contributed by atoms with van der Waals surface area (Å²) in [6, 6.07) is 10.5. The van der Waals surface area contributed by atoms with E-state index >= 15 is 0 Å². The molecule has 1 aliphatic rings. The van der Waals surface area contributed by atoms with Gasteiger partial charge >= 0.3 is 5.69 Å². The van der Waals surface area contributed by atoms with Gasteiger partial charge < -0.3 is 19.7 Å². The van der Waals surface area contributed by atoms with E-state index in [1.54, 1.807) is 25.1 Å². The quantitative estimate of drug-likeness (QED) is 0.377. The molecule has 188 valence electrons. The first-order valence-corrected chi connectivity index (χ1v) is 12.0. The number of methoxy groups -OCH3 is 1. The Morgan fingerprint density at radius 3 is 2.57 bits per heavy atom. The molecule has 9 nitrogen and oxygen atoms in total. The Kier molecular flexibility index (Phi) is 9.31. The molecule has 2 amide bonds. The number of nitrogens with zero attached hydrogens (tertiary/aromatic N) is 2. The Bertz CT molecular complexity index is 1060. The van der Waals surface area contributed by atoms with Gasteiger partial charge in [-0.2, -0.15) is 0 Å². The van der Waals surface area contributed by atoms with Crippen LogP contribution in [-0.4, -0.2) is 47.4 Å². The van der Waals surface area contributed by atoms with Gasteiger partial charge in [0, 0.05) is 29.7 Å². The second-order valence-electron chi connectivity index (χ2n) is 8.51. The van der Waals surface area contributed by atoms with Crippen molar-refractivity contribution in [3.63, 3.8) is 0 Å². The van der Waals surface area contributed by atoms with Crippen LogP contribution in [0, 0.1) is 10.1 Å². The van der Waals surface area contributed by atoms with Gasteiger partial charge in [0.15, 0.2) is 6.61 Å². The topological polar surface area (TPSA) is 111 Å². The van der Waals surface area contributed by atoms with Gasteiger partial charge in [-0.25, -0.2) is 0 Å². The predicted molar refractivity (Wildman–Crippen MR) is 132 cm³/mol. The zero-order valence-electron chi connectivity index (χ0n) is 19.9. The molecular weight excluding hydrogens is 474 g/mol. The lowest BCUT2D eigenvalue weighted by molar-refractivity contribution is -0.385. The van der Waals surface area contributed by atoms with Crippen molar-refractivity contribution in [2.24, 2.45) is 0 Å². The Morgan fingerprint density at radius 2 is 1.91 bits per heavy atom. The molecule has 0 bridgehead atoms. The number of ether oxygens (including phenoxy) is 2. The number of nitro benzene ring substituents is 1. The van der Waals surface area contributed by atoms with Crippen molar-refractivity contribution in [1.29, 1.82) is 0 Å². The fraction of sp³-hybridized carbons (Fsp3) is 0.440. The molecule has 0 heterocycles. The highest BCUT2D eigenvalue weighted by atomic mass is 35.5. The fourth-order valence-corrected chi connectivity index (χ4v) is 4.28. The van der Waals surface area contributed by atoms with Crippen LogP contribution in [-0.2, 0) is 16.1 Å². The van der Waals surface area contributed by atoms with Crippen molar-refractivity contribution < 1.29 is 24.0 Å². The molecule has 35 heavy (non-hydrogen) atoms. The van der Waals surface area contributed by atoms with Gasteiger partial charge in [-0.05, 0) is 37.5 Å². The molecule has 1 fully saturated rings. The number of carbonyl (C=O) groups is 2. The van der Waals surface area contributed by atoms with Crippen molar-refractivity contribution in [2.45, 2.75) is 57.7 Å². The lowest BCUT2D eigenvalue weighted by Crippen LogP contribution is -2.51. The number of carbonyl (C=O) groups excluding carboxylic acids is 2. The number of benzene rings is 2. The zero-order chi connectivity index (χ0) is 25.4. The van der Waals surface area contributed by atoms with E-state index in [0.717, 1.165) is 25.7 Å². The smallest absolute Gasteiger partial charge is 0.311 e. The SMILES string of the molecule is COc1cc(OCC(=O)N(Cc2ccccc2Cl)[C@@H](C)C(=O)NC2CCCCC2)ccc1[N+](=O)[O-]. The molecule has 1 aliphatic carbocycles. The fourth-order valence-electron chi connectivity index (χ4n) is 4.09. The minimum atomic E-state index is -0.754. The normalized spacial score (nSPS) is 14.6. The van der Waals surface area contributed by atoms with E-state index in [9.17, 15) is 19.7 Å². The van der Waals surface area contributed by atoms with Crippen molar-refractivity contribution in [3.05, 3.63) is 63.2 Å². The van der Waals surface area contributed by atoms with Crippen LogP contribution in [0.25, 0.3) is 0 Å². The number of amides is 2. The second-order valence-corrected chi connectivity index (χ2v) is 8.92. The van der Waals surface area contributed by atoms with Crippen LogP contribution in [0.1, 0.15) is 44.6 Å². The summed E-state index contributed by atoms with van der Waals surface area (Å²) < 4.78 is 10.7. The standard InChI is InChI=1S/C25H30ClN3O6/c1-17(25(31)27-19-9-4-3-5-10-19)28(15-18-8-6-7-11-21(18)26)24(30)16-35-20-12-13-22(29(32)33)23(14-20)34-2/h6-8,11-14,17,19H,3-5,9-10,15-16H2,1-2H3,(H,27,31)/t17-/m0/s1. The van der Waals surface area contributed by atoms with Crippen molar-refractivity contribution in [2.75, 3.05) is 13.7 Å². The Labute approximate surface area is 209 Å². The summed E-state index contributed by atoms with van der Waals surface area (Å²) in [5.41, 5.74) is 0.497. The third-order valence-corrected chi connectivity index (χ3v) is 6.50. The van der Waals surface area contributed by atoms with Crippen LogP contribution >= 0.6 is 11.6 Å². The average Bonchev–Trinajstić information content (AvgIpc) is 2.86. The molecule has 3 rings (SSSR count). The molecular formula is C25H30ClN3O6. The van der Waals surface area contributed by atoms with Gasteiger partial charge in [0.25, 0.3) is 5.91 Å². The number of nitrogens with one attached hydrogen (secondary N) is 1. The van der Waals surface area contributed by atoms with Gasteiger partial charge in [-0.3, -0.25) is 19.7 Å². The second kappa shape index (κ2) is 12.4. The van der Waals surface area contributed by atoms with Gasteiger partial charge in [-0.15, -0.1) is 0 Å². The van der Waals surface area contributed by atoms with Crippen LogP contribution in [0.2, 0.25) is 5.02 Å². The minimum absolute atomic E-state index is 0.0214. The van der Waals surface area contributed by atoms with E-state index < -0.39 is 16.9 Å². The number of hydrogen-bond acceptors (Lipinski definition) is 6. The summed E-state index contributed by atoms with van der Waals surface area (Å²) in [7, 11) is 1.31. The van der Waals surface area contributed by atoms with E-state index in [1.807, 2.05) is 6.07 Å². The van der Waals surface area contributed by atoms with Crippen molar-refractivity contribution in [1.82, 2.24) is 10.2 Å². The average molecular weight is 504 g/mol. The highest BCUT2D eigenvalue weighted by Crippen LogP contribution is 2.31. The predicted octanol–water partition coefficient (Wildman–Crippen LogP) is 4.50. The molecule has 1 saturated carbocycles. The highest BCUT2D eigenvalue weighted by Gasteiger charge is 2.29. The molecule has 2 aromatic carbocycles. The number of hydrogen-bond donors (Lipinski definition) is 1. The first kappa shape index (κ1) is 26.3. The van der Waals surface area contributed by atoms with Crippen molar-refractivity contribution in [3.8, 4) is 11.5 Å². The summed E-state index contributed by atoms with van der Waals surface area (Å²) in [6.45, 7) is 1.44. The Morgan fingerprint density at radius 1 is 1.20 bits per heavy atom. The summed E-state index contributed by atoms with van der Waals surface area (Å²) in [6.07, 6.45) is 5.19. The van der Waals surface area contributed by atoms with Crippen LogP contribution in [0.5, 0.6) is 11.5 Å². The summed E-state index contributed by atoms with van der Waals surface area (Å²) in [5.74, 6) is -0.395. The number of halogens is 1. The molecule has 0 spiro atoms. The maximum atomic E-state index is 13.2. The maximum absolute atomic E-state index is 13.2. The number of rotatable bonds is 10. The monoisotopic (exact) mass is 503 g/mol. The summed E-state index contributed by atoms with van der Waals surface area (Å²) in [4.78, 5) is 38.2. The van der Waals surface area contributed by atoms with Crippen LogP contribution in [0.15, 0.2) is 42.5 Å². The molecule has 10 heteroatoms. The van der Waals surface area contributed by atoms with E-state index in [0.29, 0.717) is 10.6 Å².